The van der Waals surface area contributed by atoms with Crippen molar-refractivity contribution < 1.29 is 0 Å². The Balaban J connectivity index is 1.73. The molecule has 0 unspecified atom stereocenters. The zero-order valence-electron chi connectivity index (χ0n) is 12.1. The van der Waals surface area contributed by atoms with Gasteiger partial charge in [-0.05, 0) is 50.4 Å². The quantitative estimate of drug-likeness (QED) is 0.395. The fourth-order valence-electron chi connectivity index (χ4n) is 2.71. The van der Waals surface area contributed by atoms with Crippen LogP contribution in [0, 0.1) is 11.3 Å². The topological polar surface area (TPSA) is 36.4 Å². The molecule has 0 amide bonds. The van der Waals surface area contributed by atoms with Crippen molar-refractivity contribution >= 4 is 5.96 Å². The van der Waals surface area contributed by atoms with Crippen molar-refractivity contribution in [2.45, 2.75) is 58.8 Å². The minimum absolute atomic E-state index is 0.617. The van der Waals surface area contributed by atoms with Crippen molar-refractivity contribution in [3.05, 3.63) is 0 Å². The summed E-state index contributed by atoms with van der Waals surface area (Å²) < 4.78 is 0. The molecule has 0 heterocycles. The van der Waals surface area contributed by atoms with Gasteiger partial charge in [-0.2, -0.15) is 0 Å². The van der Waals surface area contributed by atoms with Crippen LogP contribution >= 0.6 is 0 Å². The van der Waals surface area contributed by atoms with Crippen LogP contribution in [-0.4, -0.2) is 25.6 Å². The molecule has 0 aromatic heterocycles. The maximum absolute atomic E-state index is 4.80. The Labute approximate surface area is 112 Å². The molecule has 3 heteroatoms. The van der Waals surface area contributed by atoms with Gasteiger partial charge < -0.3 is 10.6 Å². The lowest BCUT2D eigenvalue weighted by molar-refractivity contribution is 0.452. The monoisotopic (exact) mass is 251 g/mol. The van der Waals surface area contributed by atoms with E-state index in [0.717, 1.165) is 31.5 Å². The highest BCUT2D eigenvalue weighted by Gasteiger charge is 2.53. The molecular weight excluding hydrogens is 222 g/mol. The van der Waals surface area contributed by atoms with Crippen molar-refractivity contribution in [1.82, 2.24) is 10.6 Å². The van der Waals surface area contributed by atoms with Crippen LogP contribution in [0.15, 0.2) is 4.99 Å². The van der Waals surface area contributed by atoms with Gasteiger partial charge in [0.1, 0.15) is 0 Å². The fraction of sp³-hybridized carbons (Fsp3) is 0.933. The predicted octanol–water partition coefficient (Wildman–Crippen LogP) is 2.92. The Morgan fingerprint density at radius 1 is 1.17 bits per heavy atom. The molecule has 2 N–H and O–H groups in total. The maximum Gasteiger partial charge on any atom is 0.191 e. The zero-order valence-corrected chi connectivity index (χ0v) is 12.1. The van der Waals surface area contributed by atoms with Crippen molar-refractivity contribution in [1.29, 1.82) is 0 Å². The molecule has 2 saturated carbocycles. The van der Waals surface area contributed by atoms with E-state index in [1.165, 1.54) is 44.9 Å². The van der Waals surface area contributed by atoms with E-state index in [0.29, 0.717) is 5.41 Å². The fourth-order valence-corrected chi connectivity index (χ4v) is 2.71. The van der Waals surface area contributed by atoms with Crippen LogP contribution in [0.4, 0.5) is 0 Å². The number of aliphatic imine (C=N–C) groups is 1. The highest BCUT2D eigenvalue weighted by molar-refractivity contribution is 5.79. The van der Waals surface area contributed by atoms with Crippen LogP contribution in [0.2, 0.25) is 0 Å². The minimum atomic E-state index is 0.617. The maximum atomic E-state index is 4.80. The van der Waals surface area contributed by atoms with Gasteiger partial charge in [0.15, 0.2) is 5.96 Å². The van der Waals surface area contributed by atoms with Crippen molar-refractivity contribution in [2.24, 2.45) is 16.3 Å². The van der Waals surface area contributed by atoms with Crippen LogP contribution in [-0.2, 0) is 0 Å². The number of nitrogens with one attached hydrogen (secondary N) is 2. The zero-order chi connectivity index (χ0) is 12.8. The van der Waals surface area contributed by atoms with E-state index >= 15 is 0 Å². The third-order valence-electron chi connectivity index (χ3n) is 4.30. The van der Waals surface area contributed by atoms with Gasteiger partial charge in [0, 0.05) is 19.6 Å². The standard InChI is InChI=1S/C15H29N3/c1-3-5-6-11-17-14(16-4-2)18-12-15(9-10-15)13-7-8-13/h13H,3-12H2,1-2H3,(H2,16,17,18). The molecule has 0 aromatic rings. The first-order valence-corrected chi connectivity index (χ1v) is 7.83. The molecule has 0 saturated heterocycles. The third kappa shape index (κ3) is 3.89. The normalized spacial score (nSPS) is 21.8. The lowest BCUT2D eigenvalue weighted by Gasteiger charge is -2.14. The van der Waals surface area contributed by atoms with Crippen molar-refractivity contribution in [3.8, 4) is 0 Å². The summed E-state index contributed by atoms with van der Waals surface area (Å²) in [6.07, 6.45) is 9.56. The van der Waals surface area contributed by atoms with Gasteiger partial charge in [0.25, 0.3) is 0 Å². The second-order valence-corrected chi connectivity index (χ2v) is 5.97. The first-order valence-electron chi connectivity index (χ1n) is 7.83. The van der Waals surface area contributed by atoms with E-state index in [9.17, 15) is 0 Å². The van der Waals surface area contributed by atoms with Gasteiger partial charge in [0.05, 0.1) is 0 Å². The SMILES string of the molecule is CCCCCNC(=NCC1(C2CC2)CC1)NCC. The van der Waals surface area contributed by atoms with Crippen molar-refractivity contribution in [2.75, 3.05) is 19.6 Å². The lowest BCUT2D eigenvalue weighted by Crippen LogP contribution is -2.38. The van der Waals surface area contributed by atoms with E-state index in [2.05, 4.69) is 24.5 Å². The Morgan fingerprint density at radius 3 is 2.50 bits per heavy atom. The molecule has 2 fully saturated rings. The Bertz CT molecular complexity index is 277. The number of hydrogen-bond acceptors (Lipinski definition) is 1. The number of unbranched alkanes of at least 4 members (excludes halogenated alkanes) is 2. The van der Waals surface area contributed by atoms with Crippen LogP contribution in [0.3, 0.4) is 0 Å². The van der Waals surface area contributed by atoms with E-state index in [1.54, 1.807) is 0 Å². The molecule has 18 heavy (non-hydrogen) atoms. The number of rotatable bonds is 8. The first-order chi connectivity index (χ1) is 8.80. The second-order valence-electron chi connectivity index (χ2n) is 5.97. The predicted molar refractivity (Wildman–Crippen MR) is 77.9 cm³/mol. The van der Waals surface area contributed by atoms with Crippen molar-refractivity contribution in [3.63, 3.8) is 0 Å². The molecule has 3 nitrogen and oxygen atoms in total. The summed E-state index contributed by atoms with van der Waals surface area (Å²) in [7, 11) is 0. The van der Waals surface area contributed by atoms with Crippen LogP contribution in [0.5, 0.6) is 0 Å². The van der Waals surface area contributed by atoms with Gasteiger partial charge in [-0.3, -0.25) is 4.99 Å². The number of guanidine groups is 1. The van der Waals surface area contributed by atoms with Gasteiger partial charge in [-0.1, -0.05) is 19.8 Å². The second kappa shape index (κ2) is 6.44. The Hall–Kier alpha value is -0.730. The lowest BCUT2D eigenvalue weighted by atomic mass is 10.0. The molecule has 2 aliphatic carbocycles. The number of nitrogens with zero attached hydrogens (tertiary/aromatic N) is 1. The molecule has 104 valence electrons. The van der Waals surface area contributed by atoms with Gasteiger partial charge >= 0.3 is 0 Å². The van der Waals surface area contributed by atoms with Gasteiger partial charge in [-0.25, -0.2) is 0 Å². The molecule has 0 aliphatic heterocycles. The third-order valence-corrected chi connectivity index (χ3v) is 4.30. The molecule has 0 aromatic carbocycles. The number of hydrogen-bond donors (Lipinski definition) is 2. The Kier molecular flexibility index (Phi) is 4.90. The molecule has 0 spiro atoms. The smallest absolute Gasteiger partial charge is 0.191 e. The van der Waals surface area contributed by atoms with E-state index < -0.39 is 0 Å². The highest BCUT2D eigenvalue weighted by atomic mass is 15.2. The molecule has 0 radical (unpaired) electrons. The average molecular weight is 251 g/mol. The van der Waals surface area contributed by atoms with E-state index in [1.807, 2.05) is 0 Å². The molecule has 2 aliphatic rings. The van der Waals surface area contributed by atoms with E-state index in [-0.39, 0.29) is 0 Å². The largest absolute Gasteiger partial charge is 0.357 e. The summed E-state index contributed by atoms with van der Waals surface area (Å²) in [4.78, 5) is 4.80. The molecule has 0 bridgehead atoms. The van der Waals surface area contributed by atoms with Gasteiger partial charge in [0.2, 0.25) is 0 Å². The highest BCUT2D eigenvalue weighted by Crippen LogP contribution is 2.61. The minimum Gasteiger partial charge on any atom is -0.357 e. The van der Waals surface area contributed by atoms with E-state index in [4.69, 9.17) is 4.99 Å². The summed E-state index contributed by atoms with van der Waals surface area (Å²) >= 11 is 0. The summed E-state index contributed by atoms with van der Waals surface area (Å²) in [5, 5.41) is 6.81. The Morgan fingerprint density at radius 2 is 1.94 bits per heavy atom. The summed E-state index contributed by atoms with van der Waals surface area (Å²) in [5.74, 6) is 2.03. The summed E-state index contributed by atoms with van der Waals surface area (Å²) in [5.41, 5.74) is 0.617. The average Bonchev–Trinajstić information content (AvgIpc) is 3.24. The van der Waals surface area contributed by atoms with Crippen LogP contribution in [0.1, 0.15) is 58.8 Å². The van der Waals surface area contributed by atoms with Crippen LogP contribution in [0.25, 0.3) is 0 Å². The molecule has 0 atom stereocenters. The van der Waals surface area contributed by atoms with Crippen LogP contribution < -0.4 is 10.6 Å². The summed E-state index contributed by atoms with van der Waals surface area (Å²) in [6, 6.07) is 0. The summed E-state index contributed by atoms with van der Waals surface area (Å²) in [6.45, 7) is 7.43. The van der Waals surface area contributed by atoms with Gasteiger partial charge in [-0.15, -0.1) is 0 Å². The molecular formula is C15H29N3. The first kappa shape index (κ1) is 13.7. The molecule has 2 rings (SSSR count).